The van der Waals surface area contributed by atoms with E-state index in [1.165, 1.54) is 0 Å². The molecule has 0 unspecified atom stereocenters. The molecule has 28 heavy (non-hydrogen) atoms. The first kappa shape index (κ1) is 18.8. The predicted octanol–water partition coefficient (Wildman–Crippen LogP) is 1.70. The van der Waals surface area contributed by atoms with Crippen LogP contribution < -0.4 is 4.74 Å². The molecule has 4 heterocycles. The van der Waals surface area contributed by atoms with Gasteiger partial charge in [-0.15, -0.1) is 0 Å². The van der Waals surface area contributed by atoms with E-state index in [2.05, 4.69) is 19.9 Å². The number of nitrogens with zero attached hydrogens (tertiary/aromatic N) is 5. The molecule has 0 atom stereocenters. The molecule has 2 fully saturated rings. The van der Waals surface area contributed by atoms with Crippen molar-refractivity contribution in [3.63, 3.8) is 0 Å². The number of piperidine rings is 1. The molecule has 0 saturated carbocycles. The van der Waals surface area contributed by atoms with E-state index in [-0.39, 0.29) is 11.8 Å². The van der Waals surface area contributed by atoms with Crippen molar-refractivity contribution in [2.24, 2.45) is 0 Å². The number of rotatable bonds is 5. The molecule has 4 rings (SSSR count). The van der Waals surface area contributed by atoms with Gasteiger partial charge in [-0.2, -0.15) is 0 Å². The first-order chi connectivity index (χ1) is 13.8. The first-order valence-electron chi connectivity index (χ1n) is 9.75. The van der Waals surface area contributed by atoms with E-state index in [0.29, 0.717) is 31.4 Å². The lowest BCUT2D eigenvalue weighted by atomic mass is 9.94. The molecule has 2 saturated heterocycles. The molecular weight excluding hydrogens is 358 g/mol. The Hall–Kier alpha value is -2.58. The van der Waals surface area contributed by atoms with Gasteiger partial charge in [0.05, 0.1) is 37.8 Å². The van der Waals surface area contributed by atoms with E-state index in [4.69, 9.17) is 9.47 Å². The van der Waals surface area contributed by atoms with Crippen molar-refractivity contribution in [1.82, 2.24) is 24.8 Å². The maximum atomic E-state index is 12.6. The van der Waals surface area contributed by atoms with Crippen LogP contribution in [0.15, 0.2) is 36.9 Å². The molecule has 0 spiro atoms. The summed E-state index contributed by atoms with van der Waals surface area (Å²) in [4.78, 5) is 29.6. The molecule has 8 heteroatoms. The van der Waals surface area contributed by atoms with Crippen LogP contribution in [0.4, 0.5) is 0 Å². The molecular formula is C20H25N5O3. The smallest absolute Gasteiger partial charge is 0.238 e. The van der Waals surface area contributed by atoms with Gasteiger partial charge < -0.3 is 14.4 Å². The van der Waals surface area contributed by atoms with E-state index in [0.717, 1.165) is 44.7 Å². The summed E-state index contributed by atoms with van der Waals surface area (Å²) >= 11 is 0. The minimum Gasteiger partial charge on any atom is -0.436 e. The van der Waals surface area contributed by atoms with Gasteiger partial charge in [-0.25, -0.2) is 4.98 Å². The van der Waals surface area contributed by atoms with Crippen molar-refractivity contribution in [2.45, 2.75) is 18.8 Å². The Morgan fingerprint density at radius 1 is 1.11 bits per heavy atom. The van der Waals surface area contributed by atoms with Gasteiger partial charge in [0.1, 0.15) is 5.75 Å². The van der Waals surface area contributed by atoms with E-state index in [1.807, 2.05) is 17.0 Å². The Labute approximate surface area is 164 Å². The molecule has 8 nitrogen and oxygen atoms in total. The number of carbonyl (C=O) groups is 1. The molecule has 0 aliphatic carbocycles. The summed E-state index contributed by atoms with van der Waals surface area (Å²) in [7, 11) is 0. The Morgan fingerprint density at radius 3 is 2.68 bits per heavy atom. The van der Waals surface area contributed by atoms with E-state index in [9.17, 15) is 4.79 Å². The second-order valence-corrected chi connectivity index (χ2v) is 7.12. The molecule has 148 valence electrons. The van der Waals surface area contributed by atoms with Gasteiger partial charge >= 0.3 is 0 Å². The lowest BCUT2D eigenvalue weighted by Gasteiger charge is -2.34. The Balaban J connectivity index is 1.31. The fraction of sp³-hybridized carbons (Fsp3) is 0.500. The molecule has 0 N–H and O–H groups in total. The molecule has 0 bridgehead atoms. The molecule has 2 aliphatic rings. The summed E-state index contributed by atoms with van der Waals surface area (Å²) in [5.74, 6) is 1.60. The summed E-state index contributed by atoms with van der Waals surface area (Å²) in [5.41, 5.74) is 0.918. The zero-order chi connectivity index (χ0) is 19.2. The molecule has 2 aromatic heterocycles. The van der Waals surface area contributed by atoms with Gasteiger partial charge in [0, 0.05) is 44.5 Å². The summed E-state index contributed by atoms with van der Waals surface area (Å²) in [6.45, 7) is 5.09. The van der Waals surface area contributed by atoms with Crippen LogP contribution in [0.5, 0.6) is 11.6 Å². The van der Waals surface area contributed by atoms with Crippen LogP contribution in [0, 0.1) is 0 Å². The van der Waals surface area contributed by atoms with Crippen molar-refractivity contribution in [3.8, 4) is 11.6 Å². The van der Waals surface area contributed by atoms with Crippen LogP contribution in [-0.4, -0.2) is 76.6 Å². The molecule has 0 radical (unpaired) electrons. The number of morpholine rings is 1. The SMILES string of the molecule is O=C(CN1CCOCC1)N1CCC(c2cncc(Oc3cccnc3)n2)CC1. The Morgan fingerprint density at radius 2 is 1.93 bits per heavy atom. The summed E-state index contributed by atoms with van der Waals surface area (Å²) < 4.78 is 11.1. The van der Waals surface area contributed by atoms with Crippen LogP contribution in [0.3, 0.4) is 0 Å². The number of carbonyl (C=O) groups excluding carboxylic acids is 1. The maximum Gasteiger partial charge on any atom is 0.238 e. The zero-order valence-electron chi connectivity index (χ0n) is 15.9. The van der Waals surface area contributed by atoms with Crippen LogP contribution in [0.1, 0.15) is 24.5 Å². The standard InChI is InChI=1S/C20H25N5O3/c26-20(15-24-8-10-27-11-9-24)25-6-3-16(4-7-25)18-13-22-14-19(23-18)28-17-2-1-5-21-12-17/h1-2,5,12-14,16H,3-4,6-11,15H2. The molecule has 0 aromatic carbocycles. The fourth-order valence-electron chi connectivity index (χ4n) is 3.61. The predicted molar refractivity (Wildman–Crippen MR) is 102 cm³/mol. The van der Waals surface area contributed by atoms with Crippen molar-refractivity contribution < 1.29 is 14.3 Å². The highest BCUT2D eigenvalue weighted by molar-refractivity contribution is 5.78. The van der Waals surface area contributed by atoms with Crippen LogP contribution in [0.25, 0.3) is 0 Å². The van der Waals surface area contributed by atoms with Crippen LogP contribution in [0.2, 0.25) is 0 Å². The van der Waals surface area contributed by atoms with E-state index >= 15 is 0 Å². The third kappa shape index (κ3) is 4.82. The van der Waals surface area contributed by atoms with Gasteiger partial charge in [-0.3, -0.25) is 19.7 Å². The van der Waals surface area contributed by atoms with Gasteiger partial charge in [-0.1, -0.05) is 0 Å². The molecule has 2 aliphatic heterocycles. The number of aromatic nitrogens is 3. The van der Waals surface area contributed by atoms with E-state index < -0.39 is 0 Å². The Bertz CT molecular complexity index is 774. The van der Waals surface area contributed by atoms with Gasteiger partial charge in [-0.05, 0) is 25.0 Å². The summed E-state index contributed by atoms with van der Waals surface area (Å²) in [6, 6.07) is 3.65. The second kappa shape index (κ2) is 9.07. The number of hydrogen-bond donors (Lipinski definition) is 0. The number of hydrogen-bond acceptors (Lipinski definition) is 7. The third-order valence-corrected chi connectivity index (χ3v) is 5.22. The number of likely N-dealkylation sites (tertiary alicyclic amines) is 1. The number of pyridine rings is 1. The largest absolute Gasteiger partial charge is 0.436 e. The lowest BCUT2D eigenvalue weighted by Crippen LogP contribution is -2.46. The van der Waals surface area contributed by atoms with Gasteiger partial charge in [0.2, 0.25) is 11.8 Å². The normalized spacial score (nSPS) is 18.8. The second-order valence-electron chi connectivity index (χ2n) is 7.12. The lowest BCUT2D eigenvalue weighted by molar-refractivity contribution is -0.134. The monoisotopic (exact) mass is 383 g/mol. The van der Waals surface area contributed by atoms with Crippen LogP contribution >= 0.6 is 0 Å². The molecule has 2 aromatic rings. The minimum absolute atomic E-state index is 0.208. The summed E-state index contributed by atoms with van der Waals surface area (Å²) in [5, 5.41) is 0. The highest BCUT2D eigenvalue weighted by Gasteiger charge is 2.26. The van der Waals surface area contributed by atoms with Crippen LogP contribution in [-0.2, 0) is 9.53 Å². The highest BCUT2D eigenvalue weighted by Crippen LogP contribution is 2.28. The van der Waals surface area contributed by atoms with Crippen molar-refractivity contribution in [2.75, 3.05) is 45.9 Å². The summed E-state index contributed by atoms with van der Waals surface area (Å²) in [6.07, 6.45) is 8.53. The zero-order valence-corrected chi connectivity index (χ0v) is 15.9. The quantitative estimate of drug-likeness (QED) is 0.777. The molecule has 1 amide bonds. The average Bonchev–Trinajstić information content (AvgIpc) is 2.75. The number of amides is 1. The fourth-order valence-corrected chi connectivity index (χ4v) is 3.61. The van der Waals surface area contributed by atoms with Gasteiger partial charge in [0.25, 0.3) is 0 Å². The highest BCUT2D eigenvalue weighted by atomic mass is 16.5. The van der Waals surface area contributed by atoms with E-state index in [1.54, 1.807) is 24.8 Å². The minimum atomic E-state index is 0.208. The Kier molecular flexibility index (Phi) is 6.08. The number of ether oxygens (including phenoxy) is 2. The maximum absolute atomic E-state index is 12.6. The van der Waals surface area contributed by atoms with Gasteiger partial charge in [0.15, 0.2) is 0 Å². The van der Waals surface area contributed by atoms with Crippen molar-refractivity contribution in [3.05, 3.63) is 42.6 Å². The first-order valence-corrected chi connectivity index (χ1v) is 9.75. The topological polar surface area (TPSA) is 80.7 Å². The third-order valence-electron chi connectivity index (χ3n) is 5.22. The van der Waals surface area contributed by atoms with Crippen molar-refractivity contribution in [1.29, 1.82) is 0 Å². The average molecular weight is 383 g/mol. The van der Waals surface area contributed by atoms with Crippen molar-refractivity contribution >= 4 is 5.91 Å².